The summed E-state index contributed by atoms with van der Waals surface area (Å²) >= 11 is 0. The summed E-state index contributed by atoms with van der Waals surface area (Å²) in [4.78, 5) is 43.2. The summed E-state index contributed by atoms with van der Waals surface area (Å²) in [5, 5.41) is 7.26. The third-order valence-electron chi connectivity index (χ3n) is 5.72. The average Bonchev–Trinajstić information content (AvgIpc) is 3.18. The SMILES string of the molecule is Cc1cccc(C(=O)N2CCCN(C(=O)c3cc(C(C)(C)C)nn3C)C2C(=O)NCCN)c1. The van der Waals surface area contributed by atoms with Crippen molar-refractivity contribution in [1.29, 1.82) is 0 Å². The third-order valence-corrected chi connectivity index (χ3v) is 5.72. The highest BCUT2D eigenvalue weighted by molar-refractivity contribution is 6.01. The summed E-state index contributed by atoms with van der Waals surface area (Å²) in [6.07, 6.45) is -0.507. The van der Waals surface area contributed by atoms with Crippen LogP contribution in [-0.2, 0) is 17.3 Å². The first-order valence-corrected chi connectivity index (χ1v) is 11.3. The molecule has 9 nitrogen and oxygen atoms in total. The van der Waals surface area contributed by atoms with E-state index in [-0.39, 0.29) is 30.3 Å². The number of benzene rings is 1. The lowest BCUT2D eigenvalue weighted by atomic mass is 9.92. The molecule has 1 aromatic carbocycles. The largest absolute Gasteiger partial charge is 0.351 e. The molecule has 0 radical (unpaired) electrons. The van der Waals surface area contributed by atoms with Crippen LogP contribution in [0.2, 0.25) is 0 Å². The van der Waals surface area contributed by atoms with E-state index in [1.165, 1.54) is 9.80 Å². The second kappa shape index (κ2) is 9.74. The molecule has 33 heavy (non-hydrogen) atoms. The lowest BCUT2D eigenvalue weighted by Gasteiger charge is -2.42. The number of aryl methyl sites for hydroxylation is 2. The van der Waals surface area contributed by atoms with Crippen molar-refractivity contribution < 1.29 is 14.4 Å². The maximum atomic E-state index is 13.6. The highest BCUT2D eigenvalue weighted by atomic mass is 16.2. The van der Waals surface area contributed by atoms with E-state index in [1.54, 1.807) is 29.9 Å². The third kappa shape index (κ3) is 5.24. The average molecular weight is 455 g/mol. The highest BCUT2D eigenvalue weighted by Crippen LogP contribution is 2.25. The summed E-state index contributed by atoms with van der Waals surface area (Å²) in [5.41, 5.74) is 7.92. The van der Waals surface area contributed by atoms with Gasteiger partial charge in [0.15, 0.2) is 6.17 Å². The van der Waals surface area contributed by atoms with Gasteiger partial charge in [0, 0.05) is 44.2 Å². The monoisotopic (exact) mass is 454 g/mol. The van der Waals surface area contributed by atoms with E-state index < -0.39 is 12.1 Å². The van der Waals surface area contributed by atoms with Gasteiger partial charge in [-0.2, -0.15) is 5.10 Å². The Hall–Kier alpha value is -3.20. The van der Waals surface area contributed by atoms with Crippen LogP contribution in [0.5, 0.6) is 0 Å². The zero-order valence-corrected chi connectivity index (χ0v) is 20.1. The number of aromatic nitrogens is 2. The molecule has 3 rings (SSSR count). The van der Waals surface area contributed by atoms with Crippen molar-refractivity contribution in [2.45, 2.75) is 45.7 Å². The number of nitrogens with one attached hydrogen (secondary N) is 1. The normalized spacial score (nSPS) is 16.6. The van der Waals surface area contributed by atoms with Crippen molar-refractivity contribution in [2.24, 2.45) is 12.8 Å². The Labute approximate surface area is 194 Å². The number of rotatable bonds is 5. The van der Waals surface area contributed by atoms with Crippen LogP contribution in [-0.4, -0.2) is 69.6 Å². The predicted octanol–water partition coefficient (Wildman–Crippen LogP) is 1.42. The zero-order valence-electron chi connectivity index (χ0n) is 20.1. The molecule has 178 valence electrons. The number of carbonyl (C=O) groups is 3. The van der Waals surface area contributed by atoms with Gasteiger partial charge in [-0.05, 0) is 31.5 Å². The fraction of sp³-hybridized carbons (Fsp3) is 0.500. The van der Waals surface area contributed by atoms with Gasteiger partial charge in [0.1, 0.15) is 5.69 Å². The van der Waals surface area contributed by atoms with E-state index in [2.05, 4.69) is 10.4 Å². The van der Waals surface area contributed by atoms with Crippen LogP contribution in [0.4, 0.5) is 0 Å². The number of nitrogens with two attached hydrogens (primary N) is 1. The predicted molar refractivity (Wildman–Crippen MR) is 126 cm³/mol. The van der Waals surface area contributed by atoms with E-state index in [0.29, 0.717) is 30.8 Å². The smallest absolute Gasteiger partial charge is 0.274 e. The Kier molecular flexibility index (Phi) is 7.22. The molecule has 9 heteroatoms. The Balaban J connectivity index is 1.98. The molecule has 1 saturated heterocycles. The molecule has 3 amide bonds. The van der Waals surface area contributed by atoms with Crippen LogP contribution in [0, 0.1) is 6.92 Å². The summed E-state index contributed by atoms with van der Waals surface area (Å²) < 4.78 is 1.54. The molecular formula is C24H34N6O3. The molecule has 1 unspecified atom stereocenters. The standard InChI is InChI=1S/C24H34N6O3/c1-16-8-6-9-17(14-16)22(32)29-12-7-13-30(21(29)20(31)26-11-10-25)23(33)18-15-19(24(2,3)4)27-28(18)5/h6,8-9,14-15,21H,7,10-13,25H2,1-5H3,(H,26,31). The highest BCUT2D eigenvalue weighted by Gasteiger charge is 2.41. The molecule has 2 aromatic rings. The zero-order chi connectivity index (χ0) is 24.3. The van der Waals surface area contributed by atoms with E-state index >= 15 is 0 Å². The van der Waals surface area contributed by atoms with Gasteiger partial charge in [0.05, 0.1) is 5.69 Å². The molecule has 2 heterocycles. The van der Waals surface area contributed by atoms with Gasteiger partial charge in [-0.1, -0.05) is 38.5 Å². The molecule has 0 spiro atoms. The molecule has 0 saturated carbocycles. The van der Waals surface area contributed by atoms with Crippen molar-refractivity contribution in [3.63, 3.8) is 0 Å². The van der Waals surface area contributed by atoms with Gasteiger partial charge < -0.3 is 20.9 Å². The lowest BCUT2D eigenvalue weighted by Crippen LogP contribution is -2.63. The minimum atomic E-state index is -1.07. The van der Waals surface area contributed by atoms with Crippen molar-refractivity contribution in [3.8, 4) is 0 Å². The maximum Gasteiger partial charge on any atom is 0.274 e. The molecule has 1 aliphatic rings. The second-order valence-electron chi connectivity index (χ2n) is 9.46. The van der Waals surface area contributed by atoms with Crippen molar-refractivity contribution in [3.05, 3.63) is 52.8 Å². The summed E-state index contributed by atoms with van der Waals surface area (Å²) in [5.74, 6) is -1.05. The molecule has 1 fully saturated rings. The van der Waals surface area contributed by atoms with Gasteiger partial charge in [-0.25, -0.2) is 0 Å². The number of hydrogen-bond donors (Lipinski definition) is 2. The van der Waals surface area contributed by atoms with E-state index in [1.807, 2.05) is 39.8 Å². The molecule has 0 bridgehead atoms. The summed E-state index contributed by atoms with van der Waals surface area (Å²) in [6, 6.07) is 8.99. The van der Waals surface area contributed by atoms with Crippen LogP contribution in [0.15, 0.2) is 30.3 Å². The van der Waals surface area contributed by atoms with Crippen molar-refractivity contribution >= 4 is 17.7 Å². The number of carbonyl (C=O) groups excluding carboxylic acids is 3. The minimum Gasteiger partial charge on any atom is -0.351 e. The van der Waals surface area contributed by atoms with Gasteiger partial charge in [0.25, 0.3) is 17.7 Å². The Morgan fingerprint density at radius 1 is 1.12 bits per heavy atom. The number of nitrogens with zero attached hydrogens (tertiary/aromatic N) is 4. The molecular weight excluding hydrogens is 420 g/mol. The molecule has 1 aromatic heterocycles. The molecule has 1 atom stereocenters. The molecule has 0 aliphatic carbocycles. The first-order valence-electron chi connectivity index (χ1n) is 11.3. The van der Waals surface area contributed by atoms with Crippen molar-refractivity contribution in [1.82, 2.24) is 24.9 Å². The van der Waals surface area contributed by atoms with E-state index in [9.17, 15) is 14.4 Å². The van der Waals surface area contributed by atoms with E-state index in [4.69, 9.17) is 5.73 Å². The van der Waals surface area contributed by atoms with Gasteiger partial charge in [0.2, 0.25) is 0 Å². The second-order valence-corrected chi connectivity index (χ2v) is 9.46. The number of amides is 3. The van der Waals surface area contributed by atoms with Crippen LogP contribution < -0.4 is 11.1 Å². The van der Waals surface area contributed by atoms with Gasteiger partial charge >= 0.3 is 0 Å². The number of hydrogen-bond acceptors (Lipinski definition) is 5. The van der Waals surface area contributed by atoms with Crippen molar-refractivity contribution in [2.75, 3.05) is 26.2 Å². The van der Waals surface area contributed by atoms with Crippen LogP contribution in [0.1, 0.15) is 59.3 Å². The van der Waals surface area contributed by atoms with E-state index in [0.717, 1.165) is 11.3 Å². The van der Waals surface area contributed by atoms with Gasteiger partial charge in [-0.15, -0.1) is 0 Å². The Bertz CT molecular complexity index is 1040. The van der Waals surface area contributed by atoms with Crippen LogP contribution >= 0.6 is 0 Å². The van der Waals surface area contributed by atoms with Crippen LogP contribution in [0.25, 0.3) is 0 Å². The maximum absolute atomic E-state index is 13.6. The van der Waals surface area contributed by atoms with Gasteiger partial charge in [-0.3, -0.25) is 19.1 Å². The Morgan fingerprint density at radius 3 is 2.36 bits per heavy atom. The van der Waals surface area contributed by atoms with Crippen LogP contribution in [0.3, 0.4) is 0 Å². The fourth-order valence-electron chi connectivity index (χ4n) is 3.94. The molecule has 3 N–H and O–H groups in total. The first kappa shape index (κ1) is 24.4. The fourth-order valence-corrected chi connectivity index (χ4v) is 3.94. The first-order chi connectivity index (χ1) is 15.5. The topological polar surface area (TPSA) is 114 Å². The summed E-state index contributed by atoms with van der Waals surface area (Å²) in [6.45, 7) is 9.21. The minimum absolute atomic E-state index is 0.233. The molecule has 1 aliphatic heterocycles. The quantitative estimate of drug-likeness (QED) is 0.709. The summed E-state index contributed by atoms with van der Waals surface area (Å²) in [7, 11) is 1.71. The Morgan fingerprint density at radius 2 is 1.79 bits per heavy atom. The lowest BCUT2D eigenvalue weighted by molar-refractivity contribution is -0.132.